The molecule has 0 fully saturated rings. The first-order valence-corrected chi connectivity index (χ1v) is 10.6. The SMILES string of the molecule is CN=C(NCCCCn1ccnc1C)NCCc1ccc(Oc2ccccc2)c(F)c1.I. The molecule has 8 heteroatoms. The average molecular weight is 551 g/mol. The lowest BCUT2D eigenvalue weighted by molar-refractivity contribution is 0.441. The number of halogens is 2. The minimum atomic E-state index is -0.364. The number of hydrogen-bond acceptors (Lipinski definition) is 3. The number of nitrogens with zero attached hydrogens (tertiary/aromatic N) is 3. The standard InChI is InChI=1S/C24H30FN5O.HI/c1-19-27-15-17-30(19)16-7-6-13-28-24(26-2)29-14-12-20-10-11-23(22(25)18-20)31-21-8-4-3-5-9-21;/h3-5,8-11,15,17-18H,6-7,12-14,16H2,1-2H3,(H2,26,28,29);1H. The molecule has 0 saturated heterocycles. The number of para-hydroxylation sites is 1. The summed E-state index contributed by atoms with van der Waals surface area (Å²) in [5, 5.41) is 6.59. The van der Waals surface area contributed by atoms with Gasteiger partial charge in [-0.15, -0.1) is 24.0 Å². The van der Waals surface area contributed by atoms with Gasteiger partial charge in [0.15, 0.2) is 17.5 Å². The summed E-state index contributed by atoms with van der Waals surface area (Å²) >= 11 is 0. The van der Waals surface area contributed by atoms with Gasteiger partial charge in [0.2, 0.25) is 0 Å². The lowest BCUT2D eigenvalue weighted by atomic mass is 10.1. The van der Waals surface area contributed by atoms with Crippen molar-refractivity contribution >= 4 is 29.9 Å². The molecule has 0 unspecified atom stereocenters. The highest BCUT2D eigenvalue weighted by Gasteiger charge is 2.07. The Morgan fingerprint density at radius 3 is 2.56 bits per heavy atom. The number of rotatable bonds is 10. The van der Waals surface area contributed by atoms with Gasteiger partial charge in [0, 0.05) is 39.1 Å². The van der Waals surface area contributed by atoms with Gasteiger partial charge in [-0.2, -0.15) is 0 Å². The fourth-order valence-electron chi connectivity index (χ4n) is 3.20. The summed E-state index contributed by atoms with van der Waals surface area (Å²) in [5.41, 5.74) is 0.900. The van der Waals surface area contributed by atoms with Crippen LogP contribution in [0.15, 0.2) is 65.9 Å². The van der Waals surface area contributed by atoms with Crippen LogP contribution in [-0.2, 0) is 13.0 Å². The van der Waals surface area contributed by atoms with E-state index in [2.05, 4.69) is 25.2 Å². The Balaban J connectivity index is 0.00000363. The molecule has 0 aliphatic carbocycles. The van der Waals surface area contributed by atoms with Gasteiger partial charge in [-0.25, -0.2) is 9.37 Å². The molecular formula is C24H31FIN5O. The third kappa shape index (κ3) is 8.14. The van der Waals surface area contributed by atoms with E-state index in [0.717, 1.165) is 43.3 Å². The van der Waals surface area contributed by atoms with Crippen molar-refractivity contribution < 1.29 is 9.13 Å². The van der Waals surface area contributed by atoms with Gasteiger partial charge in [0.25, 0.3) is 0 Å². The highest BCUT2D eigenvalue weighted by atomic mass is 127. The number of nitrogens with one attached hydrogen (secondary N) is 2. The first-order chi connectivity index (χ1) is 15.2. The molecule has 2 aromatic carbocycles. The largest absolute Gasteiger partial charge is 0.454 e. The van der Waals surface area contributed by atoms with E-state index in [0.29, 0.717) is 18.7 Å². The molecular weight excluding hydrogens is 520 g/mol. The van der Waals surface area contributed by atoms with E-state index in [1.165, 1.54) is 6.07 Å². The fourth-order valence-corrected chi connectivity index (χ4v) is 3.20. The zero-order valence-corrected chi connectivity index (χ0v) is 20.9. The van der Waals surface area contributed by atoms with Crippen LogP contribution in [0.3, 0.4) is 0 Å². The van der Waals surface area contributed by atoms with Crippen LogP contribution in [0.2, 0.25) is 0 Å². The van der Waals surface area contributed by atoms with Crippen molar-refractivity contribution in [2.24, 2.45) is 4.99 Å². The quantitative estimate of drug-likeness (QED) is 0.162. The molecule has 0 spiro atoms. The van der Waals surface area contributed by atoms with Crippen LogP contribution in [0.25, 0.3) is 0 Å². The minimum absolute atomic E-state index is 0. The molecule has 0 aliphatic rings. The number of benzene rings is 2. The normalized spacial score (nSPS) is 11.0. The third-order valence-electron chi connectivity index (χ3n) is 4.94. The zero-order chi connectivity index (χ0) is 21.9. The van der Waals surface area contributed by atoms with E-state index in [1.807, 2.05) is 43.6 Å². The molecule has 1 aromatic heterocycles. The van der Waals surface area contributed by atoms with E-state index in [9.17, 15) is 4.39 Å². The molecule has 172 valence electrons. The number of guanidine groups is 1. The second-order valence-electron chi connectivity index (χ2n) is 7.23. The first kappa shape index (κ1) is 25.6. The number of hydrogen-bond donors (Lipinski definition) is 2. The Kier molecular flexibility index (Phi) is 11.0. The third-order valence-corrected chi connectivity index (χ3v) is 4.94. The number of aryl methyl sites for hydroxylation is 2. The Bertz CT molecular complexity index is 978. The lowest BCUT2D eigenvalue weighted by Crippen LogP contribution is -2.38. The maximum Gasteiger partial charge on any atom is 0.190 e. The molecule has 6 nitrogen and oxygen atoms in total. The van der Waals surface area contributed by atoms with E-state index in [-0.39, 0.29) is 35.5 Å². The van der Waals surface area contributed by atoms with Gasteiger partial charge in [-0.05, 0) is 56.0 Å². The van der Waals surface area contributed by atoms with Gasteiger partial charge in [0.1, 0.15) is 11.6 Å². The van der Waals surface area contributed by atoms with Crippen molar-refractivity contribution in [1.82, 2.24) is 20.2 Å². The maximum atomic E-state index is 14.4. The Morgan fingerprint density at radius 2 is 1.88 bits per heavy atom. The van der Waals surface area contributed by atoms with Gasteiger partial charge in [0.05, 0.1) is 0 Å². The Hall–Kier alpha value is -2.62. The molecule has 1 heterocycles. The molecule has 0 saturated carbocycles. The summed E-state index contributed by atoms with van der Waals surface area (Å²) in [7, 11) is 1.75. The minimum Gasteiger partial charge on any atom is -0.454 e. The van der Waals surface area contributed by atoms with Crippen molar-refractivity contribution in [1.29, 1.82) is 0 Å². The van der Waals surface area contributed by atoms with Crippen LogP contribution in [0.1, 0.15) is 24.2 Å². The zero-order valence-electron chi connectivity index (χ0n) is 18.6. The van der Waals surface area contributed by atoms with E-state index in [4.69, 9.17) is 4.74 Å². The number of aliphatic imine (C=N–C) groups is 1. The Labute approximate surface area is 206 Å². The molecule has 0 atom stereocenters. The topological polar surface area (TPSA) is 63.5 Å². The van der Waals surface area contributed by atoms with E-state index < -0.39 is 0 Å². The summed E-state index contributed by atoms with van der Waals surface area (Å²) < 4.78 is 22.1. The highest BCUT2D eigenvalue weighted by molar-refractivity contribution is 14.0. The summed E-state index contributed by atoms with van der Waals surface area (Å²) in [5.74, 6) is 2.28. The van der Waals surface area contributed by atoms with Crippen molar-refractivity contribution in [3.63, 3.8) is 0 Å². The molecule has 32 heavy (non-hydrogen) atoms. The van der Waals surface area contributed by atoms with E-state index >= 15 is 0 Å². The van der Waals surface area contributed by atoms with Crippen LogP contribution in [0, 0.1) is 12.7 Å². The van der Waals surface area contributed by atoms with Crippen molar-refractivity contribution in [3.05, 3.63) is 78.1 Å². The van der Waals surface area contributed by atoms with Gasteiger partial charge in [-0.3, -0.25) is 4.99 Å². The first-order valence-electron chi connectivity index (χ1n) is 10.6. The molecule has 3 aromatic rings. The predicted molar refractivity (Wildman–Crippen MR) is 138 cm³/mol. The van der Waals surface area contributed by atoms with Crippen LogP contribution in [0.5, 0.6) is 11.5 Å². The second-order valence-corrected chi connectivity index (χ2v) is 7.23. The van der Waals surface area contributed by atoms with Crippen molar-refractivity contribution in [3.8, 4) is 11.5 Å². The molecule has 0 amide bonds. The lowest BCUT2D eigenvalue weighted by Gasteiger charge is -2.13. The van der Waals surface area contributed by atoms with Crippen molar-refractivity contribution in [2.75, 3.05) is 20.1 Å². The van der Waals surface area contributed by atoms with Gasteiger partial charge < -0.3 is 19.9 Å². The molecule has 2 N–H and O–H groups in total. The predicted octanol–water partition coefficient (Wildman–Crippen LogP) is 4.93. The maximum absolute atomic E-state index is 14.4. The summed E-state index contributed by atoms with van der Waals surface area (Å²) in [4.78, 5) is 8.48. The Morgan fingerprint density at radius 1 is 1.09 bits per heavy atom. The van der Waals surface area contributed by atoms with E-state index in [1.54, 1.807) is 25.2 Å². The summed E-state index contributed by atoms with van der Waals surface area (Å²) in [6.45, 7) is 4.48. The molecule has 3 rings (SSSR count). The number of unbranched alkanes of at least 4 members (excludes halogenated alkanes) is 1. The average Bonchev–Trinajstić information content (AvgIpc) is 3.19. The summed E-state index contributed by atoms with van der Waals surface area (Å²) in [6.07, 6.45) is 6.62. The van der Waals surface area contributed by atoms with Gasteiger partial charge in [-0.1, -0.05) is 24.3 Å². The molecule has 0 bridgehead atoms. The number of aromatic nitrogens is 2. The summed E-state index contributed by atoms with van der Waals surface area (Å²) in [6, 6.07) is 14.3. The van der Waals surface area contributed by atoms with Crippen molar-refractivity contribution in [2.45, 2.75) is 32.7 Å². The van der Waals surface area contributed by atoms with Crippen LogP contribution in [0.4, 0.5) is 4.39 Å². The molecule has 0 aliphatic heterocycles. The molecule has 0 radical (unpaired) electrons. The van der Waals surface area contributed by atoms with Crippen LogP contribution in [-0.4, -0.2) is 35.6 Å². The van der Waals surface area contributed by atoms with Crippen LogP contribution >= 0.6 is 24.0 Å². The fraction of sp³-hybridized carbons (Fsp3) is 0.333. The van der Waals surface area contributed by atoms with Gasteiger partial charge >= 0.3 is 0 Å². The van der Waals surface area contributed by atoms with Crippen LogP contribution < -0.4 is 15.4 Å². The second kappa shape index (κ2) is 13.7. The number of imidazole rings is 1. The monoisotopic (exact) mass is 551 g/mol. The highest BCUT2D eigenvalue weighted by Crippen LogP contribution is 2.24. The number of ether oxygens (including phenoxy) is 1. The smallest absolute Gasteiger partial charge is 0.190 e.